The van der Waals surface area contributed by atoms with Gasteiger partial charge in [-0.3, -0.25) is 9.78 Å². The smallest absolute Gasteiger partial charge is 0.322 e. The van der Waals surface area contributed by atoms with Crippen LogP contribution >= 0.6 is 0 Å². The number of carbonyl (C=O) groups is 2. The number of anilines is 3. The molecule has 0 aliphatic carbocycles. The van der Waals surface area contributed by atoms with Crippen molar-refractivity contribution in [3.63, 3.8) is 0 Å². The van der Waals surface area contributed by atoms with Crippen molar-refractivity contribution in [3.05, 3.63) is 72.1 Å². The number of hydrogen-bond donors (Lipinski definition) is 3. The van der Waals surface area contributed by atoms with Gasteiger partial charge in [-0.1, -0.05) is 18.2 Å². The summed E-state index contributed by atoms with van der Waals surface area (Å²) in [6, 6.07) is 15.7. The van der Waals surface area contributed by atoms with Crippen LogP contribution in [0.25, 0.3) is 0 Å². The molecule has 2 aliphatic heterocycles. The van der Waals surface area contributed by atoms with Crippen LogP contribution in [0, 0.1) is 0 Å². The van der Waals surface area contributed by atoms with E-state index < -0.39 is 0 Å². The lowest BCUT2D eigenvalue weighted by Gasteiger charge is -2.33. The quantitative estimate of drug-likeness (QED) is 0.341. The number of nitrogens with one attached hydrogen (secondary N) is 2. The molecule has 2 aliphatic rings. The van der Waals surface area contributed by atoms with E-state index in [0.29, 0.717) is 54.9 Å². The Hall–Kier alpha value is -4.35. The molecule has 0 bridgehead atoms. The number of pyridine rings is 1. The molecule has 3 heterocycles. The van der Waals surface area contributed by atoms with Gasteiger partial charge in [0.15, 0.2) is 11.5 Å². The minimum Gasteiger partial charge on any atom is -0.486 e. The number of likely N-dealkylation sites (N-methyl/N-ethyl adjacent to an activating group) is 1. The second kappa shape index (κ2) is 13.3. The Morgan fingerprint density at radius 2 is 1.76 bits per heavy atom. The highest BCUT2D eigenvalue weighted by atomic mass is 16.6. The first-order chi connectivity index (χ1) is 19.9. The van der Waals surface area contributed by atoms with Crippen LogP contribution in [0.1, 0.15) is 22.5 Å². The number of ether oxygens (including phenoxy) is 2. The summed E-state index contributed by atoms with van der Waals surface area (Å²) in [4.78, 5) is 37.0. The number of nitrogens with zero attached hydrogens (tertiary/aromatic N) is 4. The molecule has 41 heavy (non-hydrogen) atoms. The summed E-state index contributed by atoms with van der Waals surface area (Å²) in [6.45, 7) is 6.98. The van der Waals surface area contributed by atoms with Crippen LogP contribution in [0.5, 0.6) is 11.5 Å². The second-order valence-electron chi connectivity index (χ2n) is 10.3. The van der Waals surface area contributed by atoms with Gasteiger partial charge in [0.05, 0.1) is 11.4 Å². The minimum absolute atomic E-state index is 0.221. The first-order valence-corrected chi connectivity index (χ1v) is 13.9. The van der Waals surface area contributed by atoms with Crippen LogP contribution in [-0.4, -0.2) is 91.2 Å². The van der Waals surface area contributed by atoms with Crippen molar-refractivity contribution in [2.45, 2.75) is 13.0 Å². The van der Waals surface area contributed by atoms with Crippen LogP contribution in [0.2, 0.25) is 0 Å². The number of piperazine rings is 1. The molecular weight excluding hydrogens is 522 g/mol. The monoisotopic (exact) mass is 559 g/mol. The molecule has 4 N–H and O–H groups in total. The fraction of sp³-hybridized carbons (Fsp3) is 0.367. The van der Waals surface area contributed by atoms with E-state index in [0.717, 1.165) is 44.7 Å². The third-order valence-electron chi connectivity index (χ3n) is 7.22. The number of para-hydroxylation sites is 2. The predicted molar refractivity (Wildman–Crippen MR) is 158 cm³/mol. The summed E-state index contributed by atoms with van der Waals surface area (Å²) in [6.07, 6.45) is 2.47. The number of amides is 3. The highest BCUT2D eigenvalue weighted by Crippen LogP contribution is 2.32. The Labute approximate surface area is 240 Å². The summed E-state index contributed by atoms with van der Waals surface area (Å²) in [7, 11) is 2.14. The number of urea groups is 1. The molecule has 2 aromatic carbocycles. The van der Waals surface area contributed by atoms with Gasteiger partial charge in [0.2, 0.25) is 0 Å². The summed E-state index contributed by atoms with van der Waals surface area (Å²) < 4.78 is 11.3. The largest absolute Gasteiger partial charge is 0.486 e. The maximum absolute atomic E-state index is 13.4. The van der Waals surface area contributed by atoms with Gasteiger partial charge in [0.1, 0.15) is 18.9 Å². The van der Waals surface area contributed by atoms with E-state index in [1.807, 2.05) is 12.1 Å². The van der Waals surface area contributed by atoms with Gasteiger partial charge < -0.3 is 40.5 Å². The van der Waals surface area contributed by atoms with Gasteiger partial charge in [-0.25, -0.2) is 4.79 Å². The highest BCUT2D eigenvalue weighted by molar-refractivity contribution is 6.04. The Balaban J connectivity index is 1.23. The third kappa shape index (κ3) is 7.65. The lowest BCUT2D eigenvalue weighted by Crippen LogP contribution is -2.45. The molecule has 1 aromatic heterocycles. The number of rotatable bonds is 9. The molecule has 3 aromatic rings. The molecule has 3 amide bonds. The van der Waals surface area contributed by atoms with Gasteiger partial charge in [-0.05, 0) is 55.9 Å². The number of hydrogen-bond acceptors (Lipinski definition) is 8. The summed E-state index contributed by atoms with van der Waals surface area (Å²) in [5.74, 6) is 0.934. The normalized spacial score (nSPS) is 15.2. The van der Waals surface area contributed by atoms with E-state index in [9.17, 15) is 9.59 Å². The summed E-state index contributed by atoms with van der Waals surface area (Å²) in [5.41, 5.74) is 8.67. The van der Waals surface area contributed by atoms with E-state index in [1.54, 1.807) is 53.6 Å². The van der Waals surface area contributed by atoms with Gasteiger partial charge in [-0.2, -0.15) is 0 Å². The minimum atomic E-state index is -0.352. The number of carbonyl (C=O) groups excluding carboxylic acids is 2. The highest BCUT2D eigenvalue weighted by Gasteiger charge is 2.19. The van der Waals surface area contributed by atoms with Crippen LogP contribution in [-0.2, 0) is 6.54 Å². The zero-order valence-corrected chi connectivity index (χ0v) is 23.3. The third-order valence-corrected chi connectivity index (χ3v) is 7.22. The molecule has 5 rings (SSSR count). The van der Waals surface area contributed by atoms with Crippen LogP contribution in [0.3, 0.4) is 0 Å². The van der Waals surface area contributed by atoms with Gasteiger partial charge >= 0.3 is 6.03 Å². The van der Waals surface area contributed by atoms with Crippen LogP contribution in [0.4, 0.5) is 21.9 Å². The van der Waals surface area contributed by atoms with Gasteiger partial charge in [-0.15, -0.1) is 0 Å². The SMILES string of the molecule is CN1CCN(CCCN(Cc2ccc(C(=O)Nc3ccccc3N)nc2)C(=O)Nc2ccc3c(c2)OCCO3)CC1. The van der Waals surface area contributed by atoms with E-state index in [1.165, 1.54) is 0 Å². The predicted octanol–water partition coefficient (Wildman–Crippen LogP) is 3.36. The average Bonchev–Trinajstić information content (AvgIpc) is 2.99. The standard InChI is InChI=1S/C30H37N7O4/c1-35-13-15-36(16-14-35)11-4-12-37(30(39)33-23-8-10-27-28(19-23)41-18-17-40-27)21-22-7-9-26(32-20-22)29(38)34-25-6-3-2-5-24(25)31/h2-3,5-10,19-20H,4,11-18,21,31H2,1H3,(H,33,39)(H,34,38). The van der Waals surface area contributed by atoms with E-state index in [-0.39, 0.29) is 17.6 Å². The fourth-order valence-electron chi connectivity index (χ4n) is 4.80. The Bertz CT molecular complexity index is 1340. The van der Waals surface area contributed by atoms with E-state index >= 15 is 0 Å². The van der Waals surface area contributed by atoms with Crippen molar-refractivity contribution in [2.75, 3.05) is 75.9 Å². The number of fused-ring (bicyclic) bond motifs is 1. The van der Waals surface area contributed by atoms with Gasteiger partial charge in [0.25, 0.3) is 5.91 Å². The number of nitrogens with two attached hydrogens (primary N) is 1. The molecular formula is C30H37N7O4. The first-order valence-electron chi connectivity index (χ1n) is 13.9. The molecule has 216 valence electrons. The molecule has 0 radical (unpaired) electrons. The van der Waals surface area contributed by atoms with Crippen molar-refractivity contribution >= 4 is 29.0 Å². The van der Waals surface area contributed by atoms with Gasteiger partial charge in [0, 0.05) is 57.2 Å². The zero-order chi connectivity index (χ0) is 28.6. The lowest BCUT2D eigenvalue weighted by molar-refractivity contribution is 0.102. The Morgan fingerprint density at radius 1 is 0.976 bits per heavy atom. The Morgan fingerprint density at radius 3 is 2.51 bits per heavy atom. The van der Waals surface area contributed by atoms with Crippen LogP contribution in [0.15, 0.2) is 60.8 Å². The molecule has 0 spiro atoms. The maximum atomic E-state index is 13.4. The molecule has 0 unspecified atom stereocenters. The molecule has 0 saturated carbocycles. The van der Waals surface area contributed by atoms with Crippen molar-refractivity contribution in [2.24, 2.45) is 0 Å². The number of aromatic nitrogens is 1. The molecule has 1 fully saturated rings. The topological polar surface area (TPSA) is 125 Å². The maximum Gasteiger partial charge on any atom is 0.322 e. The summed E-state index contributed by atoms with van der Waals surface area (Å²) >= 11 is 0. The molecule has 11 nitrogen and oxygen atoms in total. The van der Waals surface area contributed by atoms with Crippen LogP contribution < -0.4 is 25.8 Å². The lowest BCUT2D eigenvalue weighted by atomic mass is 10.2. The Kier molecular flexibility index (Phi) is 9.17. The van der Waals surface area contributed by atoms with E-state index in [2.05, 4.69) is 32.5 Å². The molecule has 0 atom stereocenters. The fourth-order valence-corrected chi connectivity index (χ4v) is 4.80. The average molecular weight is 560 g/mol. The molecule has 11 heteroatoms. The number of nitrogen functional groups attached to an aromatic ring is 1. The molecule has 1 saturated heterocycles. The second-order valence-corrected chi connectivity index (χ2v) is 10.3. The number of benzene rings is 2. The van der Waals surface area contributed by atoms with Crippen molar-refractivity contribution in [3.8, 4) is 11.5 Å². The van der Waals surface area contributed by atoms with Crippen molar-refractivity contribution < 1.29 is 19.1 Å². The van der Waals surface area contributed by atoms with Crippen molar-refractivity contribution in [1.29, 1.82) is 0 Å². The summed E-state index contributed by atoms with van der Waals surface area (Å²) in [5, 5.41) is 5.79. The van der Waals surface area contributed by atoms with E-state index in [4.69, 9.17) is 15.2 Å². The van der Waals surface area contributed by atoms with Crippen molar-refractivity contribution in [1.82, 2.24) is 19.7 Å². The first kappa shape index (κ1) is 28.2. The zero-order valence-electron chi connectivity index (χ0n) is 23.3.